The molecule has 1 aromatic rings. The van der Waals surface area contributed by atoms with Crippen LogP contribution in [0.1, 0.15) is 12.0 Å². The number of sulfone groups is 1. The Bertz CT molecular complexity index is 619. The second kappa shape index (κ2) is 5.10. The summed E-state index contributed by atoms with van der Waals surface area (Å²) in [5, 5.41) is 8.76. The van der Waals surface area contributed by atoms with E-state index in [1.54, 1.807) is 6.07 Å². The van der Waals surface area contributed by atoms with E-state index in [4.69, 9.17) is 11.0 Å². The van der Waals surface area contributed by atoms with Crippen LogP contribution in [-0.2, 0) is 16.3 Å². The van der Waals surface area contributed by atoms with Crippen LogP contribution in [0.3, 0.4) is 0 Å². The smallest absolute Gasteiger partial charge is 0.152 e. The molecule has 0 aliphatic carbocycles. The molecule has 102 valence electrons. The van der Waals surface area contributed by atoms with E-state index < -0.39 is 9.84 Å². The Labute approximate surface area is 113 Å². The molecule has 2 rings (SSSR count). The highest BCUT2D eigenvalue weighted by Gasteiger charge is 2.30. The van der Waals surface area contributed by atoms with E-state index >= 15 is 0 Å². The minimum atomic E-state index is -2.90. The summed E-state index contributed by atoms with van der Waals surface area (Å²) in [6, 6.07) is 7.58. The Morgan fingerprint density at radius 2 is 2.26 bits per heavy atom. The van der Waals surface area contributed by atoms with Crippen molar-refractivity contribution in [2.24, 2.45) is 0 Å². The minimum Gasteiger partial charge on any atom is -0.398 e. The summed E-state index contributed by atoms with van der Waals surface area (Å²) >= 11 is 0. The van der Waals surface area contributed by atoms with Gasteiger partial charge in [0.05, 0.1) is 24.0 Å². The number of benzene rings is 1. The maximum Gasteiger partial charge on any atom is 0.152 e. The molecule has 2 N–H and O–H groups in total. The first-order chi connectivity index (χ1) is 8.93. The number of nitriles is 1. The van der Waals surface area contributed by atoms with Gasteiger partial charge in [0.25, 0.3) is 0 Å². The third-order valence-electron chi connectivity index (χ3n) is 3.56. The van der Waals surface area contributed by atoms with Gasteiger partial charge in [0.15, 0.2) is 9.84 Å². The minimum absolute atomic E-state index is 0.00330. The molecule has 1 aliphatic rings. The van der Waals surface area contributed by atoms with Crippen molar-refractivity contribution in [2.75, 3.05) is 29.2 Å². The summed E-state index contributed by atoms with van der Waals surface area (Å²) in [5.41, 5.74) is 8.09. The maximum absolute atomic E-state index is 11.5. The van der Waals surface area contributed by atoms with Crippen molar-refractivity contribution in [3.8, 4) is 6.07 Å². The van der Waals surface area contributed by atoms with E-state index in [0.29, 0.717) is 12.1 Å². The van der Waals surface area contributed by atoms with Crippen molar-refractivity contribution >= 4 is 21.2 Å². The zero-order valence-electron chi connectivity index (χ0n) is 10.8. The van der Waals surface area contributed by atoms with E-state index in [9.17, 15) is 8.42 Å². The van der Waals surface area contributed by atoms with Crippen molar-refractivity contribution in [2.45, 2.75) is 18.9 Å². The van der Waals surface area contributed by atoms with Gasteiger partial charge in [-0.25, -0.2) is 8.42 Å². The van der Waals surface area contributed by atoms with Crippen molar-refractivity contribution in [3.63, 3.8) is 0 Å². The van der Waals surface area contributed by atoms with E-state index in [1.165, 1.54) is 0 Å². The largest absolute Gasteiger partial charge is 0.398 e. The topological polar surface area (TPSA) is 87.2 Å². The predicted octanol–water partition coefficient (Wildman–Crippen LogP) is 0.958. The van der Waals surface area contributed by atoms with Crippen LogP contribution in [0, 0.1) is 11.3 Å². The lowest BCUT2D eigenvalue weighted by molar-refractivity contribution is 0.601. The molecule has 1 unspecified atom stereocenters. The Hall–Kier alpha value is -1.74. The summed E-state index contributed by atoms with van der Waals surface area (Å²) in [7, 11) is -1.01. The third-order valence-corrected chi connectivity index (χ3v) is 5.31. The van der Waals surface area contributed by atoms with E-state index in [1.807, 2.05) is 24.1 Å². The van der Waals surface area contributed by atoms with Gasteiger partial charge in [-0.1, -0.05) is 0 Å². The van der Waals surface area contributed by atoms with Crippen molar-refractivity contribution in [1.29, 1.82) is 5.26 Å². The van der Waals surface area contributed by atoms with Gasteiger partial charge in [-0.05, 0) is 30.2 Å². The molecule has 19 heavy (non-hydrogen) atoms. The fraction of sp³-hybridized carbons (Fsp3) is 0.462. The molecule has 6 heteroatoms. The van der Waals surface area contributed by atoms with Gasteiger partial charge in [-0.15, -0.1) is 0 Å². The van der Waals surface area contributed by atoms with Gasteiger partial charge in [0.2, 0.25) is 0 Å². The maximum atomic E-state index is 11.5. The van der Waals surface area contributed by atoms with Crippen LogP contribution >= 0.6 is 0 Å². The molecule has 1 fully saturated rings. The fourth-order valence-corrected chi connectivity index (χ4v) is 4.12. The molecule has 1 aromatic carbocycles. The summed E-state index contributed by atoms with van der Waals surface area (Å²) < 4.78 is 23.0. The highest BCUT2D eigenvalue weighted by atomic mass is 32.2. The van der Waals surface area contributed by atoms with Crippen LogP contribution in [0.4, 0.5) is 11.4 Å². The van der Waals surface area contributed by atoms with Gasteiger partial charge in [0, 0.05) is 24.5 Å². The normalized spacial score (nSPS) is 20.9. The molecule has 5 nitrogen and oxygen atoms in total. The highest BCUT2D eigenvalue weighted by molar-refractivity contribution is 7.91. The number of hydrogen-bond acceptors (Lipinski definition) is 5. The Morgan fingerprint density at radius 3 is 2.84 bits per heavy atom. The summed E-state index contributed by atoms with van der Waals surface area (Å²) in [5.74, 6) is 0.448. The molecule has 0 radical (unpaired) electrons. The average Bonchev–Trinajstić information content (AvgIpc) is 2.72. The molecule has 1 heterocycles. The first kappa shape index (κ1) is 13.7. The summed E-state index contributed by atoms with van der Waals surface area (Å²) in [6.45, 7) is 0. The number of hydrogen-bond donors (Lipinski definition) is 1. The van der Waals surface area contributed by atoms with Gasteiger partial charge in [0.1, 0.15) is 0 Å². The zero-order chi connectivity index (χ0) is 14.0. The van der Waals surface area contributed by atoms with Crippen LogP contribution in [0.2, 0.25) is 0 Å². The van der Waals surface area contributed by atoms with Gasteiger partial charge < -0.3 is 10.6 Å². The highest BCUT2D eigenvalue weighted by Crippen LogP contribution is 2.26. The Balaban J connectivity index is 2.23. The van der Waals surface area contributed by atoms with E-state index in [0.717, 1.165) is 11.3 Å². The van der Waals surface area contributed by atoms with Crippen LogP contribution in [-0.4, -0.2) is 33.0 Å². The van der Waals surface area contributed by atoms with E-state index in [2.05, 4.69) is 6.07 Å². The van der Waals surface area contributed by atoms with Crippen LogP contribution in [0.25, 0.3) is 0 Å². The van der Waals surface area contributed by atoms with Crippen molar-refractivity contribution in [1.82, 2.24) is 0 Å². The van der Waals surface area contributed by atoms with Gasteiger partial charge >= 0.3 is 0 Å². The number of anilines is 2. The molecule has 0 amide bonds. The zero-order valence-corrected chi connectivity index (χ0v) is 11.7. The lowest BCUT2D eigenvalue weighted by atomic mass is 10.1. The average molecular weight is 279 g/mol. The van der Waals surface area contributed by atoms with Crippen molar-refractivity contribution < 1.29 is 8.42 Å². The molecular weight excluding hydrogens is 262 g/mol. The Morgan fingerprint density at radius 1 is 1.53 bits per heavy atom. The summed E-state index contributed by atoms with van der Waals surface area (Å²) in [6.07, 6.45) is 0.910. The molecule has 1 atom stereocenters. The monoisotopic (exact) mass is 279 g/mol. The second-order valence-corrected chi connectivity index (χ2v) is 7.11. The van der Waals surface area contributed by atoms with Gasteiger partial charge in [-0.2, -0.15) is 5.26 Å². The first-order valence-corrected chi connectivity index (χ1v) is 7.93. The molecular formula is C13H17N3O2S. The second-order valence-electron chi connectivity index (χ2n) is 4.89. The Kier molecular flexibility index (Phi) is 3.67. The molecule has 1 aliphatic heterocycles. The molecule has 0 spiro atoms. The first-order valence-electron chi connectivity index (χ1n) is 6.11. The van der Waals surface area contributed by atoms with Crippen LogP contribution in [0.5, 0.6) is 0 Å². The predicted molar refractivity (Wildman–Crippen MR) is 75.6 cm³/mol. The molecule has 0 aromatic heterocycles. The fourth-order valence-electron chi connectivity index (χ4n) is 2.34. The number of rotatable bonds is 3. The van der Waals surface area contributed by atoms with Crippen LogP contribution < -0.4 is 10.6 Å². The quantitative estimate of drug-likeness (QED) is 0.833. The van der Waals surface area contributed by atoms with Gasteiger partial charge in [-0.3, -0.25) is 0 Å². The lowest BCUT2D eigenvalue weighted by Crippen LogP contribution is -2.32. The summed E-state index contributed by atoms with van der Waals surface area (Å²) in [4.78, 5) is 1.96. The number of nitrogens with zero attached hydrogens (tertiary/aromatic N) is 2. The SMILES string of the molecule is CN(c1ccc(N)c(CC#N)c1)C1CCS(=O)(=O)C1. The molecule has 1 saturated heterocycles. The van der Waals surface area contributed by atoms with E-state index in [-0.39, 0.29) is 24.0 Å². The third kappa shape index (κ3) is 2.99. The van der Waals surface area contributed by atoms with Crippen LogP contribution in [0.15, 0.2) is 18.2 Å². The standard InChI is InChI=1S/C13H17N3O2S/c1-16(12-5-7-19(17,18)9-12)11-2-3-13(15)10(8-11)4-6-14/h2-3,8,12H,4-5,7,9,15H2,1H3. The molecule has 0 bridgehead atoms. The number of nitrogens with two attached hydrogens (primary N) is 1. The molecule has 0 saturated carbocycles. The lowest BCUT2D eigenvalue weighted by Gasteiger charge is -2.26. The number of nitrogen functional groups attached to an aromatic ring is 1. The van der Waals surface area contributed by atoms with Crippen molar-refractivity contribution in [3.05, 3.63) is 23.8 Å².